The van der Waals surface area contributed by atoms with Crippen LogP contribution in [0, 0.1) is 0 Å². The summed E-state index contributed by atoms with van der Waals surface area (Å²) in [7, 11) is 5.57. The lowest BCUT2D eigenvalue weighted by molar-refractivity contribution is 0.0941. The Kier molecular flexibility index (Phi) is 6.09. The molecule has 2 aromatic rings. The molecule has 1 unspecified atom stereocenters. The lowest BCUT2D eigenvalue weighted by atomic mass is 10.1. The summed E-state index contributed by atoms with van der Waals surface area (Å²) in [6.07, 6.45) is 0.756. The molecular weight excluding hydrogens is 304 g/mol. The number of hydrogen-bond donors (Lipinski definition) is 1. The molecule has 126 valence electrons. The molecule has 0 heterocycles. The van der Waals surface area contributed by atoms with Crippen molar-refractivity contribution in [2.75, 3.05) is 27.7 Å². The standard InChI is InChI=1S/C19H22N2O3/c1-21(2)18(16-5-4-6-17(11-16)24-3)12-20-19(23)15-9-7-14(13-22)8-10-15/h4-11,13,18H,12H2,1-3H3,(H,20,23). The van der Waals surface area contributed by atoms with Gasteiger partial charge in [-0.2, -0.15) is 0 Å². The number of ether oxygens (including phenoxy) is 1. The van der Waals surface area contributed by atoms with Gasteiger partial charge in [0.25, 0.3) is 5.91 Å². The van der Waals surface area contributed by atoms with E-state index < -0.39 is 0 Å². The summed E-state index contributed by atoms with van der Waals surface area (Å²) in [6.45, 7) is 0.467. The van der Waals surface area contributed by atoms with Crippen LogP contribution in [0.3, 0.4) is 0 Å². The number of hydrogen-bond acceptors (Lipinski definition) is 4. The van der Waals surface area contributed by atoms with Crippen molar-refractivity contribution in [2.24, 2.45) is 0 Å². The van der Waals surface area contributed by atoms with Crippen molar-refractivity contribution in [3.8, 4) is 5.75 Å². The highest BCUT2D eigenvalue weighted by molar-refractivity contribution is 5.94. The Morgan fingerprint density at radius 3 is 2.50 bits per heavy atom. The van der Waals surface area contributed by atoms with Crippen LogP contribution in [0.1, 0.15) is 32.3 Å². The molecule has 5 heteroatoms. The molecule has 1 atom stereocenters. The van der Waals surface area contributed by atoms with Crippen LogP contribution in [-0.2, 0) is 0 Å². The van der Waals surface area contributed by atoms with Crippen molar-refractivity contribution < 1.29 is 14.3 Å². The number of rotatable bonds is 7. The van der Waals surface area contributed by atoms with Crippen molar-refractivity contribution in [1.82, 2.24) is 10.2 Å². The van der Waals surface area contributed by atoms with Crippen LogP contribution in [0.25, 0.3) is 0 Å². The fraction of sp³-hybridized carbons (Fsp3) is 0.263. The first kappa shape index (κ1) is 17.7. The molecule has 0 aliphatic heterocycles. The average molecular weight is 326 g/mol. The Balaban J connectivity index is 2.07. The number of benzene rings is 2. The van der Waals surface area contributed by atoms with E-state index in [1.807, 2.05) is 43.3 Å². The quantitative estimate of drug-likeness (QED) is 0.795. The molecule has 0 saturated carbocycles. The minimum atomic E-state index is -0.165. The van der Waals surface area contributed by atoms with Crippen LogP contribution < -0.4 is 10.1 Å². The van der Waals surface area contributed by atoms with Crippen molar-refractivity contribution in [2.45, 2.75) is 6.04 Å². The molecule has 2 rings (SSSR count). The number of carbonyl (C=O) groups is 2. The van der Waals surface area contributed by atoms with Crippen LogP contribution in [0.5, 0.6) is 5.75 Å². The van der Waals surface area contributed by atoms with Gasteiger partial charge >= 0.3 is 0 Å². The monoisotopic (exact) mass is 326 g/mol. The highest BCUT2D eigenvalue weighted by Gasteiger charge is 2.16. The summed E-state index contributed by atoms with van der Waals surface area (Å²) in [4.78, 5) is 25.0. The maximum atomic E-state index is 12.3. The van der Waals surface area contributed by atoms with E-state index in [1.54, 1.807) is 31.4 Å². The van der Waals surface area contributed by atoms with E-state index in [4.69, 9.17) is 4.74 Å². The summed E-state index contributed by atoms with van der Waals surface area (Å²) < 4.78 is 5.27. The van der Waals surface area contributed by atoms with Gasteiger partial charge in [0.05, 0.1) is 13.2 Å². The predicted molar refractivity (Wildman–Crippen MR) is 93.6 cm³/mol. The van der Waals surface area contributed by atoms with E-state index in [9.17, 15) is 9.59 Å². The van der Waals surface area contributed by atoms with Gasteiger partial charge in [0.15, 0.2) is 0 Å². The van der Waals surface area contributed by atoms with Gasteiger partial charge in [-0.05, 0) is 43.9 Å². The molecule has 0 bridgehead atoms. The van der Waals surface area contributed by atoms with E-state index in [0.29, 0.717) is 17.7 Å². The summed E-state index contributed by atoms with van der Waals surface area (Å²) in [5.41, 5.74) is 2.15. The molecule has 0 aliphatic carbocycles. The largest absolute Gasteiger partial charge is 0.497 e. The molecule has 5 nitrogen and oxygen atoms in total. The number of carbonyl (C=O) groups excluding carboxylic acids is 2. The lowest BCUT2D eigenvalue weighted by Crippen LogP contribution is -2.34. The molecule has 0 radical (unpaired) electrons. The molecule has 2 aromatic carbocycles. The lowest BCUT2D eigenvalue weighted by Gasteiger charge is -2.25. The van der Waals surface area contributed by atoms with Crippen molar-refractivity contribution in [3.63, 3.8) is 0 Å². The molecule has 24 heavy (non-hydrogen) atoms. The first-order valence-corrected chi connectivity index (χ1v) is 7.69. The SMILES string of the molecule is COc1cccc(C(CNC(=O)c2ccc(C=O)cc2)N(C)C)c1. The Morgan fingerprint density at radius 2 is 1.92 bits per heavy atom. The highest BCUT2D eigenvalue weighted by atomic mass is 16.5. The summed E-state index contributed by atoms with van der Waals surface area (Å²) >= 11 is 0. The van der Waals surface area contributed by atoms with E-state index in [2.05, 4.69) is 5.32 Å². The number of nitrogens with zero attached hydrogens (tertiary/aromatic N) is 1. The highest BCUT2D eigenvalue weighted by Crippen LogP contribution is 2.22. The maximum absolute atomic E-state index is 12.3. The molecule has 0 spiro atoms. The summed E-state index contributed by atoms with van der Waals surface area (Å²) in [5, 5.41) is 2.94. The molecule has 1 N–H and O–H groups in total. The zero-order valence-electron chi connectivity index (χ0n) is 14.2. The zero-order valence-corrected chi connectivity index (χ0v) is 14.2. The average Bonchev–Trinajstić information content (AvgIpc) is 2.61. The Hall–Kier alpha value is -2.66. The Morgan fingerprint density at radius 1 is 1.21 bits per heavy atom. The zero-order chi connectivity index (χ0) is 17.5. The first-order chi connectivity index (χ1) is 11.5. The number of aldehydes is 1. The van der Waals surface area contributed by atoms with Crippen LogP contribution in [-0.4, -0.2) is 44.8 Å². The van der Waals surface area contributed by atoms with Gasteiger partial charge in [-0.15, -0.1) is 0 Å². The summed E-state index contributed by atoms with van der Waals surface area (Å²) in [5.74, 6) is 0.623. The molecule has 0 fully saturated rings. The second-order valence-corrected chi connectivity index (χ2v) is 5.71. The minimum absolute atomic E-state index is 0.0262. The van der Waals surface area contributed by atoms with E-state index >= 15 is 0 Å². The number of likely N-dealkylation sites (N-methyl/N-ethyl adjacent to an activating group) is 1. The second-order valence-electron chi connectivity index (χ2n) is 5.71. The van der Waals surface area contributed by atoms with Gasteiger partial charge in [0.2, 0.25) is 0 Å². The van der Waals surface area contributed by atoms with Gasteiger partial charge < -0.3 is 15.0 Å². The van der Waals surface area contributed by atoms with E-state index in [-0.39, 0.29) is 11.9 Å². The third-order valence-electron chi connectivity index (χ3n) is 3.87. The maximum Gasteiger partial charge on any atom is 0.251 e. The third-order valence-corrected chi connectivity index (χ3v) is 3.87. The number of amides is 1. The second kappa shape index (κ2) is 8.26. The molecule has 1 amide bonds. The topological polar surface area (TPSA) is 58.6 Å². The van der Waals surface area contributed by atoms with Crippen LogP contribution >= 0.6 is 0 Å². The smallest absolute Gasteiger partial charge is 0.251 e. The Labute approximate surface area is 142 Å². The van der Waals surface area contributed by atoms with E-state index in [0.717, 1.165) is 17.6 Å². The van der Waals surface area contributed by atoms with Crippen LogP contribution in [0.4, 0.5) is 0 Å². The van der Waals surface area contributed by atoms with Gasteiger partial charge in [-0.25, -0.2) is 0 Å². The van der Waals surface area contributed by atoms with Crippen LogP contribution in [0.15, 0.2) is 48.5 Å². The first-order valence-electron chi connectivity index (χ1n) is 7.69. The van der Waals surface area contributed by atoms with Crippen molar-refractivity contribution in [1.29, 1.82) is 0 Å². The van der Waals surface area contributed by atoms with Crippen molar-refractivity contribution >= 4 is 12.2 Å². The summed E-state index contributed by atoms with van der Waals surface area (Å²) in [6, 6.07) is 14.4. The molecule has 0 aromatic heterocycles. The number of methoxy groups -OCH3 is 1. The fourth-order valence-corrected chi connectivity index (χ4v) is 2.45. The molecular formula is C19H22N2O3. The minimum Gasteiger partial charge on any atom is -0.497 e. The number of nitrogens with one attached hydrogen (secondary N) is 1. The van der Waals surface area contributed by atoms with Crippen molar-refractivity contribution in [3.05, 3.63) is 65.2 Å². The van der Waals surface area contributed by atoms with Gasteiger partial charge in [0.1, 0.15) is 12.0 Å². The third kappa shape index (κ3) is 4.43. The van der Waals surface area contributed by atoms with Gasteiger partial charge in [-0.3, -0.25) is 9.59 Å². The Bertz CT molecular complexity index is 696. The van der Waals surface area contributed by atoms with Gasteiger partial charge in [0, 0.05) is 17.7 Å². The molecule has 0 aliphatic rings. The normalized spacial score (nSPS) is 11.8. The van der Waals surface area contributed by atoms with Gasteiger partial charge in [-0.1, -0.05) is 24.3 Å². The molecule has 0 saturated heterocycles. The fourth-order valence-electron chi connectivity index (χ4n) is 2.45. The van der Waals surface area contributed by atoms with Crippen LogP contribution in [0.2, 0.25) is 0 Å². The predicted octanol–water partition coefficient (Wildman–Crippen LogP) is 2.54. The van der Waals surface area contributed by atoms with E-state index in [1.165, 1.54) is 0 Å².